The Morgan fingerprint density at radius 1 is 1.15 bits per heavy atom. The van der Waals surface area contributed by atoms with E-state index in [4.69, 9.17) is 9.47 Å². The molecule has 134 valence electrons. The number of anilines is 1. The SMILES string of the molecule is O=S(=O)(c1ccc(Br)s1)N(Cc1cccnc1)c1ccc2c(c1)OCO2. The van der Waals surface area contributed by atoms with Crippen LogP contribution in [0.2, 0.25) is 0 Å². The predicted octanol–water partition coefficient (Wildman–Crippen LogP) is 4.03. The topological polar surface area (TPSA) is 68.7 Å². The standard InChI is InChI=1S/C17H13BrN2O4S2/c18-16-5-6-17(25-16)26(21,22)20(10-12-2-1-7-19-9-12)13-3-4-14-15(8-13)24-11-23-14/h1-9H,10-11H2. The number of fused-ring (bicyclic) bond motifs is 1. The largest absolute Gasteiger partial charge is 0.454 e. The minimum absolute atomic E-state index is 0.131. The number of rotatable bonds is 5. The van der Waals surface area contributed by atoms with Crippen LogP contribution in [0.3, 0.4) is 0 Å². The molecule has 4 rings (SSSR count). The summed E-state index contributed by atoms with van der Waals surface area (Å²) in [5.74, 6) is 1.13. The van der Waals surface area contributed by atoms with Gasteiger partial charge in [0.1, 0.15) is 4.21 Å². The summed E-state index contributed by atoms with van der Waals surface area (Å²) in [6.45, 7) is 0.289. The Bertz CT molecular complexity index is 1040. The fourth-order valence-corrected chi connectivity index (χ4v) is 6.13. The molecule has 0 amide bonds. The van der Waals surface area contributed by atoms with E-state index in [2.05, 4.69) is 20.9 Å². The molecule has 0 saturated heterocycles. The molecule has 3 heterocycles. The third-order valence-corrected chi connectivity index (χ3v) is 7.65. The maximum atomic E-state index is 13.3. The molecule has 0 spiro atoms. The molecular formula is C17H13BrN2O4S2. The zero-order valence-electron chi connectivity index (χ0n) is 13.3. The van der Waals surface area contributed by atoms with Crippen LogP contribution >= 0.6 is 27.3 Å². The summed E-state index contributed by atoms with van der Waals surface area (Å²) in [7, 11) is -3.75. The molecule has 1 aromatic carbocycles. The summed E-state index contributed by atoms with van der Waals surface area (Å²) in [5, 5.41) is 0. The van der Waals surface area contributed by atoms with Crippen LogP contribution in [0.5, 0.6) is 11.5 Å². The Morgan fingerprint density at radius 3 is 2.73 bits per heavy atom. The third kappa shape index (κ3) is 3.29. The molecule has 0 unspecified atom stereocenters. The van der Waals surface area contributed by atoms with Gasteiger partial charge in [-0.1, -0.05) is 6.07 Å². The van der Waals surface area contributed by atoms with E-state index in [9.17, 15) is 8.42 Å². The van der Waals surface area contributed by atoms with E-state index in [0.29, 0.717) is 17.2 Å². The van der Waals surface area contributed by atoms with Crippen LogP contribution in [-0.2, 0) is 16.6 Å². The number of ether oxygens (including phenoxy) is 2. The molecule has 26 heavy (non-hydrogen) atoms. The number of pyridine rings is 1. The van der Waals surface area contributed by atoms with Gasteiger partial charge in [-0.05, 0) is 51.8 Å². The molecule has 0 atom stereocenters. The third-order valence-electron chi connectivity index (χ3n) is 3.79. The zero-order valence-corrected chi connectivity index (χ0v) is 16.6. The van der Waals surface area contributed by atoms with E-state index in [-0.39, 0.29) is 17.5 Å². The molecule has 0 bridgehead atoms. The smallest absolute Gasteiger partial charge is 0.274 e. The van der Waals surface area contributed by atoms with E-state index in [1.165, 1.54) is 15.6 Å². The fourth-order valence-electron chi connectivity index (χ4n) is 2.56. The molecule has 0 saturated carbocycles. The monoisotopic (exact) mass is 452 g/mol. The highest BCUT2D eigenvalue weighted by Crippen LogP contribution is 2.38. The number of sulfonamides is 1. The molecule has 1 aliphatic rings. The Kier molecular flexibility index (Phi) is 4.60. The van der Waals surface area contributed by atoms with Gasteiger partial charge in [-0.2, -0.15) is 0 Å². The summed E-state index contributed by atoms with van der Waals surface area (Å²) in [6.07, 6.45) is 3.30. The first-order valence-corrected chi connectivity index (χ1v) is 10.7. The van der Waals surface area contributed by atoms with Crippen molar-refractivity contribution in [2.24, 2.45) is 0 Å². The molecule has 0 fully saturated rings. The predicted molar refractivity (Wildman–Crippen MR) is 102 cm³/mol. The summed E-state index contributed by atoms with van der Waals surface area (Å²) in [5.41, 5.74) is 1.28. The van der Waals surface area contributed by atoms with Crippen molar-refractivity contribution in [1.29, 1.82) is 0 Å². The highest BCUT2D eigenvalue weighted by molar-refractivity contribution is 9.11. The summed E-state index contributed by atoms with van der Waals surface area (Å²) in [4.78, 5) is 4.08. The van der Waals surface area contributed by atoms with Gasteiger partial charge in [0, 0.05) is 18.5 Å². The Hall–Kier alpha value is -2.10. The average molecular weight is 453 g/mol. The van der Waals surface area contributed by atoms with Crippen molar-refractivity contribution in [3.63, 3.8) is 0 Å². The van der Waals surface area contributed by atoms with Gasteiger partial charge in [-0.25, -0.2) is 8.42 Å². The second kappa shape index (κ2) is 6.90. The van der Waals surface area contributed by atoms with E-state index in [1.807, 2.05) is 6.07 Å². The van der Waals surface area contributed by atoms with Crippen molar-refractivity contribution < 1.29 is 17.9 Å². The second-order valence-electron chi connectivity index (χ2n) is 5.47. The Labute approximate surface area is 163 Å². The molecule has 3 aromatic rings. The molecule has 1 aliphatic heterocycles. The lowest BCUT2D eigenvalue weighted by atomic mass is 10.2. The Balaban J connectivity index is 1.79. The van der Waals surface area contributed by atoms with Crippen molar-refractivity contribution >= 4 is 43.0 Å². The first-order chi connectivity index (χ1) is 12.5. The van der Waals surface area contributed by atoms with Gasteiger partial charge in [0.15, 0.2) is 11.5 Å². The molecule has 9 heteroatoms. The number of hydrogen-bond donors (Lipinski definition) is 0. The van der Waals surface area contributed by atoms with Crippen LogP contribution in [0.15, 0.2) is 62.9 Å². The number of aromatic nitrogens is 1. The first kappa shape index (κ1) is 17.3. The van der Waals surface area contributed by atoms with Gasteiger partial charge >= 0.3 is 0 Å². The van der Waals surface area contributed by atoms with Crippen molar-refractivity contribution in [2.75, 3.05) is 11.1 Å². The van der Waals surface area contributed by atoms with Crippen LogP contribution in [-0.4, -0.2) is 20.2 Å². The van der Waals surface area contributed by atoms with Crippen molar-refractivity contribution in [3.8, 4) is 11.5 Å². The van der Waals surface area contributed by atoms with E-state index < -0.39 is 10.0 Å². The number of nitrogens with zero attached hydrogens (tertiary/aromatic N) is 2. The van der Waals surface area contributed by atoms with Crippen molar-refractivity contribution in [2.45, 2.75) is 10.8 Å². The van der Waals surface area contributed by atoms with Gasteiger partial charge in [0.25, 0.3) is 10.0 Å². The van der Waals surface area contributed by atoms with Crippen molar-refractivity contribution in [1.82, 2.24) is 4.98 Å². The minimum atomic E-state index is -3.75. The summed E-state index contributed by atoms with van der Waals surface area (Å²) in [6, 6.07) is 12.0. The summed E-state index contributed by atoms with van der Waals surface area (Å²) >= 11 is 4.50. The van der Waals surface area contributed by atoms with Crippen LogP contribution in [0, 0.1) is 0 Å². The number of hydrogen-bond acceptors (Lipinski definition) is 6. The molecule has 0 aliphatic carbocycles. The molecular weight excluding hydrogens is 440 g/mol. The van der Waals surface area contributed by atoms with E-state index >= 15 is 0 Å². The maximum Gasteiger partial charge on any atom is 0.274 e. The molecule has 2 aromatic heterocycles. The number of thiophene rings is 1. The lowest BCUT2D eigenvalue weighted by molar-refractivity contribution is 0.174. The Morgan fingerprint density at radius 2 is 2.00 bits per heavy atom. The van der Waals surface area contributed by atoms with Crippen LogP contribution < -0.4 is 13.8 Å². The fraction of sp³-hybridized carbons (Fsp3) is 0.118. The number of halogens is 1. The van der Waals surface area contributed by atoms with Crippen LogP contribution in [0.1, 0.15) is 5.56 Å². The van der Waals surface area contributed by atoms with Crippen LogP contribution in [0.4, 0.5) is 5.69 Å². The molecule has 0 N–H and O–H groups in total. The number of benzene rings is 1. The van der Waals surface area contributed by atoms with Gasteiger partial charge in [0.2, 0.25) is 6.79 Å². The van der Waals surface area contributed by atoms with Gasteiger partial charge < -0.3 is 9.47 Å². The summed E-state index contributed by atoms with van der Waals surface area (Å²) < 4.78 is 39.6. The lowest BCUT2D eigenvalue weighted by Gasteiger charge is -2.24. The highest BCUT2D eigenvalue weighted by Gasteiger charge is 2.28. The van der Waals surface area contributed by atoms with E-state index in [0.717, 1.165) is 9.35 Å². The highest BCUT2D eigenvalue weighted by atomic mass is 79.9. The average Bonchev–Trinajstić information content (AvgIpc) is 3.28. The van der Waals surface area contributed by atoms with Crippen LogP contribution in [0.25, 0.3) is 0 Å². The van der Waals surface area contributed by atoms with Gasteiger partial charge in [0.05, 0.1) is 16.0 Å². The molecule has 0 radical (unpaired) electrons. The second-order valence-corrected chi connectivity index (χ2v) is 10.0. The van der Waals surface area contributed by atoms with Crippen molar-refractivity contribution in [3.05, 3.63) is 64.2 Å². The van der Waals surface area contributed by atoms with E-state index in [1.54, 1.807) is 48.8 Å². The van der Waals surface area contributed by atoms with Gasteiger partial charge in [-0.3, -0.25) is 9.29 Å². The molecule has 6 nitrogen and oxygen atoms in total. The quantitative estimate of drug-likeness (QED) is 0.584. The van der Waals surface area contributed by atoms with Gasteiger partial charge in [-0.15, -0.1) is 11.3 Å². The normalized spacial score (nSPS) is 13.0. The minimum Gasteiger partial charge on any atom is -0.454 e. The maximum absolute atomic E-state index is 13.3. The zero-order chi connectivity index (χ0) is 18.1. The first-order valence-electron chi connectivity index (χ1n) is 7.61. The lowest BCUT2D eigenvalue weighted by Crippen LogP contribution is -2.30.